The van der Waals surface area contributed by atoms with Crippen LogP contribution in [-0.2, 0) is 0 Å². The number of anilines is 1. The number of fused-ring (bicyclic) bond motifs is 1. The molecule has 1 aromatic carbocycles. The Morgan fingerprint density at radius 3 is 2.64 bits per heavy atom. The Morgan fingerprint density at radius 1 is 1.07 bits per heavy atom. The Kier molecular flexibility index (Phi) is 5.50. The van der Waals surface area contributed by atoms with Crippen molar-refractivity contribution in [1.29, 1.82) is 5.26 Å². The molecule has 142 valence electrons. The Hall–Kier alpha value is -2.97. The molecule has 0 amide bonds. The van der Waals surface area contributed by atoms with Gasteiger partial charge in [0.2, 0.25) is 0 Å². The molecule has 5 nitrogen and oxygen atoms in total. The SMILES string of the molecule is N#Cc1ccc(N2CCN(CCCC3=Cc4ccccc4C(=O)C3)CC2)nc1. The molecule has 1 saturated heterocycles. The van der Waals surface area contributed by atoms with Crippen molar-refractivity contribution in [1.82, 2.24) is 9.88 Å². The van der Waals surface area contributed by atoms with Gasteiger partial charge in [-0.15, -0.1) is 0 Å². The predicted molar refractivity (Wildman–Crippen MR) is 110 cm³/mol. The molecule has 2 aliphatic rings. The van der Waals surface area contributed by atoms with E-state index in [1.165, 1.54) is 5.57 Å². The van der Waals surface area contributed by atoms with Crippen LogP contribution in [0.3, 0.4) is 0 Å². The lowest BCUT2D eigenvalue weighted by Gasteiger charge is -2.35. The number of pyridine rings is 1. The Bertz CT molecular complexity index is 918. The number of carbonyl (C=O) groups is 1. The third-order valence-electron chi connectivity index (χ3n) is 5.55. The van der Waals surface area contributed by atoms with Gasteiger partial charge in [-0.3, -0.25) is 9.69 Å². The largest absolute Gasteiger partial charge is 0.354 e. The van der Waals surface area contributed by atoms with Crippen LogP contribution in [0.1, 0.15) is 40.7 Å². The summed E-state index contributed by atoms with van der Waals surface area (Å²) in [5.41, 5.74) is 3.78. The van der Waals surface area contributed by atoms with Crippen LogP contribution in [0.2, 0.25) is 0 Å². The number of nitriles is 1. The normalized spacial score (nSPS) is 17.0. The van der Waals surface area contributed by atoms with E-state index in [0.717, 1.165) is 62.5 Å². The molecule has 1 fully saturated rings. The summed E-state index contributed by atoms with van der Waals surface area (Å²) in [5, 5.41) is 8.88. The summed E-state index contributed by atoms with van der Waals surface area (Å²) < 4.78 is 0. The highest BCUT2D eigenvalue weighted by molar-refractivity contribution is 6.03. The van der Waals surface area contributed by atoms with Crippen molar-refractivity contribution >= 4 is 17.7 Å². The summed E-state index contributed by atoms with van der Waals surface area (Å²) in [4.78, 5) is 21.4. The Labute approximate surface area is 165 Å². The minimum absolute atomic E-state index is 0.247. The summed E-state index contributed by atoms with van der Waals surface area (Å²) in [5.74, 6) is 1.19. The molecule has 0 unspecified atom stereocenters. The minimum Gasteiger partial charge on any atom is -0.354 e. The molecule has 0 bridgehead atoms. The van der Waals surface area contributed by atoms with E-state index >= 15 is 0 Å². The van der Waals surface area contributed by atoms with Crippen molar-refractivity contribution in [3.05, 3.63) is 64.9 Å². The molecule has 5 heteroatoms. The van der Waals surface area contributed by atoms with E-state index in [4.69, 9.17) is 5.26 Å². The van der Waals surface area contributed by atoms with Crippen LogP contribution in [-0.4, -0.2) is 48.4 Å². The molecule has 0 radical (unpaired) electrons. The molecular formula is C23H24N4O. The first-order valence-corrected chi connectivity index (χ1v) is 9.88. The van der Waals surface area contributed by atoms with Gasteiger partial charge in [0, 0.05) is 44.4 Å². The predicted octanol–water partition coefficient (Wildman–Crippen LogP) is 3.53. The van der Waals surface area contributed by atoms with Crippen LogP contribution in [0.25, 0.3) is 6.08 Å². The first-order valence-electron chi connectivity index (χ1n) is 9.88. The maximum atomic E-state index is 12.3. The average Bonchev–Trinajstić information content (AvgIpc) is 2.74. The van der Waals surface area contributed by atoms with E-state index in [-0.39, 0.29) is 5.78 Å². The highest BCUT2D eigenvalue weighted by Crippen LogP contribution is 2.26. The van der Waals surface area contributed by atoms with Gasteiger partial charge >= 0.3 is 0 Å². The maximum Gasteiger partial charge on any atom is 0.167 e. The number of hydrogen-bond donors (Lipinski definition) is 0. The third kappa shape index (κ3) is 4.13. The number of benzene rings is 1. The van der Waals surface area contributed by atoms with E-state index in [9.17, 15) is 4.79 Å². The number of allylic oxidation sites excluding steroid dienone is 1. The second kappa shape index (κ2) is 8.37. The smallest absolute Gasteiger partial charge is 0.167 e. The lowest BCUT2D eigenvalue weighted by molar-refractivity contribution is 0.0990. The molecule has 2 aromatic rings. The van der Waals surface area contributed by atoms with Gasteiger partial charge in [0.15, 0.2) is 5.78 Å². The number of Topliss-reactive ketones (excluding diaryl/α,β-unsaturated/α-hetero) is 1. The van der Waals surface area contributed by atoms with Gasteiger partial charge in [0.1, 0.15) is 11.9 Å². The second-order valence-corrected chi connectivity index (χ2v) is 7.44. The van der Waals surface area contributed by atoms with E-state index < -0.39 is 0 Å². The molecule has 28 heavy (non-hydrogen) atoms. The summed E-state index contributed by atoms with van der Waals surface area (Å²) in [6.07, 6.45) is 6.47. The van der Waals surface area contributed by atoms with Gasteiger partial charge < -0.3 is 4.90 Å². The van der Waals surface area contributed by atoms with Gasteiger partial charge in [-0.2, -0.15) is 5.26 Å². The lowest BCUT2D eigenvalue weighted by Crippen LogP contribution is -2.46. The summed E-state index contributed by atoms with van der Waals surface area (Å²) in [6, 6.07) is 13.7. The van der Waals surface area contributed by atoms with Crippen molar-refractivity contribution in [2.75, 3.05) is 37.6 Å². The third-order valence-corrected chi connectivity index (χ3v) is 5.55. The van der Waals surface area contributed by atoms with Crippen molar-refractivity contribution < 1.29 is 4.79 Å². The van der Waals surface area contributed by atoms with Crippen LogP contribution in [0.5, 0.6) is 0 Å². The molecule has 1 aromatic heterocycles. The highest BCUT2D eigenvalue weighted by atomic mass is 16.1. The fourth-order valence-electron chi connectivity index (χ4n) is 3.98. The quantitative estimate of drug-likeness (QED) is 0.804. The molecule has 0 saturated carbocycles. The zero-order valence-electron chi connectivity index (χ0n) is 16.0. The van der Waals surface area contributed by atoms with Crippen molar-refractivity contribution in [3.63, 3.8) is 0 Å². The van der Waals surface area contributed by atoms with Gasteiger partial charge in [0.25, 0.3) is 0 Å². The topological polar surface area (TPSA) is 60.2 Å². The van der Waals surface area contributed by atoms with E-state index in [1.54, 1.807) is 6.20 Å². The summed E-state index contributed by atoms with van der Waals surface area (Å²) in [6.45, 7) is 4.99. The van der Waals surface area contributed by atoms with Crippen LogP contribution >= 0.6 is 0 Å². The van der Waals surface area contributed by atoms with Gasteiger partial charge in [-0.1, -0.05) is 35.9 Å². The minimum atomic E-state index is 0.247. The number of hydrogen-bond acceptors (Lipinski definition) is 5. The van der Waals surface area contributed by atoms with E-state index in [1.807, 2.05) is 36.4 Å². The Balaban J connectivity index is 1.24. The fraction of sp³-hybridized carbons (Fsp3) is 0.348. The molecule has 0 spiro atoms. The fourth-order valence-corrected chi connectivity index (χ4v) is 3.98. The zero-order chi connectivity index (χ0) is 19.3. The second-order valence-electron chi connectivity index (χ2n) is 7.44. The number of nitrogens with zero attached hydrogens (tertiary/aromatic N) is 4. The lowest BCUT2D eigenvalue weighted by atomic mass is 9.89. The van der Waals surface area contributed by atoms with Crippen LogP contribution in [0.15, 0.2) is 48.2 Å². The molecule has 0 N–H and O–H groups in total. The summed E-state index contributed by atoms with van der Waals surface area (Å²) >= 11 is 0. The molecule has 1 aliphatic heterocycles. The number of rotatable bonds is 5. The number of aromatic nitrogens is 1. The molecule has 0 atom stereocenters. The monoisotopic (exact) mass is 372 g/mol. The zero-order valence-corrected chi connectivity index (χ0v) is 16.0. The highest BCUT2D eigenvalue weighted by Gasteiger charge is 2.20. The van der Waals surface area contributed by atoms with Crippen molar-refractivity contribution in [3.8, 4) is 6.07 Å². The summed E-state index contributed by atoms with van der Waals surface area (Å²) in [7, 11) is 0. The maximum absolute atomic E-state index is 12.3. The first kappa shape index (κ1) is 18.4. The van der Waals surface area contributed by atoms with Crippen molar-refractivity contribution in [2.24, 2.45) is 0 Å². The molecular weight excluding hydrogens is 348 g/mol. The standard InChI is InChI=1S/C23H24N4O/c24-16-19-7-8-23(25-17-19)27-12-10-26(11-13-27)9-3-4-18-14-20-5-1-2-6-21(20)22(28)15-18/h1-2,5-8,14,17H,3-4,9-13,15H2. The number of carbonyl (C=O) groups excluding carboxylic acids is 1. The van der Waals surface area contributed by atoms with Crippen LogP contribution in [0.4, 0.5) is 5.82 Å². The van der Waals surface area contributed by atoms with Gasteiger partial charge in [-0.05, 0) is 37.1 Å². The van der Waals surface area contributed by atoms with E-state index in [2.05, 4.69) is 26.9 Å². The molecule has 1 aliphatic carbocycles. The van der Waals surface area contributed by atoms with Crippen molar-refractivity contribution in [2.45, 2.75) is 19.3 Å². The number of ketones is 1. The van der Waals surface area contributed by atoms with E-state index in [0.29, 0.717) is 12.0 Å². The Morgan fingerprint density at radius 2 is 1.89 bits per heavy atom. The number of piperazine rings is 1. The van der Waals surface area contributed by atoms with Crippen LogP contribution in [0, 0.1) is 11.3 Å². The average molecular weight is 372 g/mol. The molecule has 2 heterocycles. The first-order chi connectivity index (χ1) is 13.7. The van der Waals surface area contributed by atoms with Crippen LogP contribution < -0.4 is 4.90 Å². The van der Waals surface area contributed by atoms with Gasteiger partial charge in [0.05, 0.1) is 5.56 Å². The van der Waals surface area contributed by atoms with Gasteiger partial charge in [-0.25, -0.2) is 4.98 Å². The molecule has 4 rings (SSSR count).